The van der Waals surface area contributed by atoms with Crippen molar-refractivity contribution in [2.75, 3.05) is 39.2 Å². The van der Waals surface area contributed by atoms with Crippen LogP contribution in [0.4, 0.5) is 5.82 Å². The van der Waals surface area contributed by atoms with Crippen LogP contribution in [0.1, 0.15) is 10.5 Å². The predicted octanol–water partition coefficient (Wildman–Crippen LogP) is -0.908. The summed E-state index contributed by atoms with van der Waals surface area (Å²) >= 11 is 0. The van der Waals surface area contributed by atoms with Crippen molar-refractivity contribution in [2.45, 2.75) is 0 Å². The number of aromatic nitrogens is 2. The first kappa shape index (κ1) is 14.8. The number of hydrogen-bond donors (Lipinski definition) is 2. The summed E-state index contributed by atoms with van der Waals surface area (Å²) in [5, 5.41) is 10.6. The van der Waals surface area contributed by atoms with Crippen LogP contribution >= 0.6 is 0 Å². The number of hydrogen-bond acceptors (Lipinski definition) is 6. The van der Waals surface area contributed by atoms with E-state index in [1.54, 1.807) is 26.2 Å². The second-order valence-corrected chi connectivity index (χ2v) is 3.95. The zero-order valence-electron chi connectivity index (χ0n) is 10.9. The van der Waals surface area contributed by atoms with Crippen molar-refractivity contribution < 1.29 is 14.3 Å². The van der Waals surface area contributed by atoms with E-state index >= 15 is 0 Å². The van der Waals surface area contributed by atoms with E-state index in [1.165, 1.54) is 4.90 Å². The molecule has 0 atom stereocenters. The van der Waals surface area contributed by atoms with Gasteiger partial charge in [-0.2, -0.15) is 0 Å². The molecule has 3 N–H and O–H groups in total. The van der Waals surface area contributed by atoms with Gasteiger partial charge in [-0.05, 0) is 12.1 Å². The third kappa shape index (κ3) is 5.30. The fourth-order valence-corrected chi connectivity index (χ4v) is 1.19. The van der Waals surface area contributed by atoms with Gasteiger partial charge in [-0.3, -0.25) is 9.59 Å². The van der Waals surface area contributed by atoms with Crippen LogP contribution in [-0.2, 0) is 9.53 Å². The smallest absolute Gasteiger partial charge is 0.273 e. The summed E-state index contributed by atoms with van der Waals surface area (Å²) in [5.41, 5.74) is 5.19. The second-order valence-electron chi connectivity index (χ2n) is 3.95. The van der Waals surface area contributed by atoms with E-state index in [0.29, 0.717) is 19.0 Å². The molecule has 0 saturated heterocycles. The minimum absolute atomic E-state index is 0.108. The van der Waals surface area contributed by atoms with E-state index in [-0.39, 0.29) is 18.2 Å². The molecule has 1 rings (SSSR count). The molecule has 0 aliphatic carbocycles. The Labute approximate surface area is 110 Å². The Morgan fingerprint density at radius 1 is 1.37 bits per heavy atom. The summed E-state index contributed by atoms with van der Waals surface area (Å²) in [6.45, 7) is 0.676. The lowest BCUT2D eigenvalue weighted by Crippen LogP contribution is -2.23. The van der Waals surface area contributed by atoms with Gasteiger partial charge in [0.2, 0.25) is 5.91 Å². The number of anilines is 1. The summed E-state index contributed by atoms with van der Waals surface area (Å²) < 4.78 is 4.96. The normalized spacial score (nSPS) is 10.0. The second kappa shape index (κ2) is 7.27. The number of rotatable bonds is 7. The Morgan fingerprint density at radius 3 is 2.63 bits per heavy atom. The number of primary amides is 1. The van der Waals surface area contributed by atoms with Crippen molar-refractivity contribution in [1.82, 2.24) is 15.1 Å². The van der Waals surface area contributed by atoms with Crippen molar-refractivity contribution in [3.05, 3.63) is 17.8 Å². The molecule has 0 unspecified atom stereocenters. The summed E-state index contributed by atoms with van der Waals surface area (Å²) in [5.74, 6) is -0.187. The molecule has 19 heavy (non-hydrogen) atoms. The highest BCUT2D eigenvalue weighted by atomic mass is 16.5. The number of carbonyl (C=O) groups excluding carboxylic acids is 2. The third-order valence-corrected chi connectivity index (χ3v) is 2.09. The molecule has 2 amide bonds. The topological polar surface area (TPSA) is 110 Å². The third-order valence-electron chi connectivity index (χ3n) is 2.09. The average Bonchev–Trinajstić information content (AvgIpc) is 2.37. The first-order valence-corrected chi connectivity index (χ1v) is 5.66. The number of nitrogens with zero attached hydrogens (tertiary/aromatic N) is 3. The molecule has 1 aromatic rings. The van der Waals surface area contributed by atoms with Crippen LogP contribution in [0.5, 0.6) is 0 Å². The summed E-state index contributed by atoms with van der Waals surface area (Å²) in [6, 6.07) is 3.24. The van der Waals surface area contributed by atoms with Crippen molar-refractivity contribution in [2.24, 2.45) is 5.73 Å². The van der Waals surface area contributed by atoms with Gasteiger partial charge in [0.15, 0.2) is 5.69 Å². The molecular weight excluding hydrogens is 250 g/mol. The minimum Gasteiger partial charge on any atom is -0.370 e. The number of carbonyl (C=O) groups is 2. The van der Waals surface area contributed by atoms with Gasteiger partial charge in [0, 0.05) is 20.6 Å². The average molecular weight is 267 g/mol. The van der Waals surface area contributed by atoms with Crippen LogP contribution in [0, 0.1) is 0 Å². The molecule has 104 valence electrons. The van der Waals surface area contributed by atoms with E-state index < -0.39 is 5.91 Å². The zero-order chi connectivity index (χ0) is 14.3. The number of nitrogens with one attached hydrogen (secondary N) is 1. The Kier molecular flexibility index (Phi) is 5.68. The molecule has 8 nitrogen and oxygen atoms in total. The molecule has 0 aliphatic heterocycles. The van der Waals surface area contributed by atoms with Gasteiger partial charge in [0.05, 0.1) is 6.61 Å². The molecule has 0 saturated carbocycles. The van der Waals surface area contributed by atoms with Crippen molar-refractivity contribution >= 4 is 17.6 Å². The molecular formula is C11H17N5O3. The van der Waals surface area contributed by atoms with Crippen molar-refractivity contribution in [1.29, 1.82) is 0 Å². The fourth-order valence-electron chi connectivity index (χ4n) is 1.19. The maximum Gasteiger partial charge on any atom is 0.273 e. The van der Waals surface area contributed by atoms with Crippen LogP contribution in [0.3, 0.4) is 0 Å². The quantitative estimate of drug-likeness (QED) is 0.619. The van der Waals surface area contributed by atoms with Crippen LogP contribution < -0.4 is 11.1 Å². The van der Waals surface area contributed by atoms with E-state index in [2.05, 4.69) is 15.5 Å². The maximum atomic E-state index is 11.6. The molecule has 1 heterocycles. The highest BCUT2D eigenvalue weighted by Gasteiger charge is 2.09. The molecule has 1 aromatic heterocycles. The monoisotopic (exact) mass is 267 g/mol. The number of nitrogens with two attached hydrogens (primary N) is 1. The predicted molar refractivity (Wildman–Crippen MR) is 68.6 cm³/mol. The van der Waals surface area contributed by atoms with E-state index in [9.17, 15) is 9.59 Å². The van der Waals surface area contributed by atoms with E-state index in [4.69, 9.17) is 10.5 Å². The maximum absolute atomic E-state index is 11.6. The number of ether oxygens (including phenoxy) is 1. The SMILES string of the molecule is CN(C)C(=O)c1ccc(NCCOCC(N)=O)nn1. The van der Waals surface area contributed by atoms with E-state index in [1.807, 2.05) is 0 Å². The Balaban J connectivity index is 2.36. The van der Waals surface area contributed by atoms with Gasteiger partial charge in [-0.1, -0.05) is 0 Å². The highest BCUT2D eigenvalue weighted by Crippen LogP contribution is 2.03. The highest BCUT2D eigenvalue weighted by molar-refractivity contribution is 5.91. The van der Waals surface area contributed by atoms with Gasteiger partial charge in [-0.15, -0.1) is 10.2 Å². The Hall–Kier alpha value is -2.22. The van der Waals surface area contributed by atoms with Gasteiger partial charge in [-0.25, -0.2) is 0 Å². The fraction of sp³-hybridized carbons (Fsp3) is 0.455. The summed E-state index contributed by atoms with van der Waals surface area (Å²) in [7, 11) is 3.29. The van der Waals surface area contributed by atoms with Gasteiger partial charge in [0.1, 0.15) is 12.4 Å². The first-order valence-electron chi connectivity index (χ1n) is 5.66. The van der Waals surface area contributed by atoms with Crippen molar-refractivity contribution in [3.63, 3.8) is 0 Å². The standard InChI is InChI=1S/C11H17N5O3/c1-16(2)11(18)8-3-4-10(15-14-8)13-5-6-19-7-9(12)17/h3-4H,5-7H2,1-2H3,(H2,12,17)(H,13,15). The van der Waals surface area contributed by atoms with Crippen LogP contribution in [0.2, 0.25) is 0 Å². The molecule has 0 spiro atoms. The molecule has 0 aromatic carbocycles. The van der Waals surface area contributed by atoms with Crippen LogP contribution in [0.15, 0.2) is 12.1 Å². The largest absolute Gasteiger partial charge is 0.370 e. The van der Waals surface area contributed by atoms with E-state index in [0.717, 1.165) is 0 Å². The minimum atomic E-state index is -0.508. The lowest BCUT2D eigenvalue weighted by molar-refractivity contribution is -0.122. The lowest BCUT2D eigenvalue weighted by Gasteiger charge is -2.09. The van der Waals surface area contributed by atoms with Gasteiger partial charge < -0.3 is 20.7 Å². The molecule has 0 radical (unpaired) electrons. The van der Waals surface area contributed by atoms with Crippen molar-refractivity contribution in [3.8, 4) is 0 Å². The van der Waals surface area contributed by atoms with Crippen LogP contribution in [0.25, 0.3) is 0 Å². The summed E-state index contributed by atoms with van der Waals surface area (Å²) in [6.07, 6.45) is 0. The Morgan fingerprint density at radius 2 is 2.11 bits per heavy atom. The van der Waals surface area contributed by atoms with Gasteiger partial charge in [0.25, 0.3) is 5.91 Å². The molecule has 8 heteroatoms. The summed E-state index contributed by atoms with van der Waals surface area (Å²) in [4.78, 5) is 23.4. The molecule has 0 bridgehead atoms. The first-order chi connectivity index (χ1) is 9.00. The number of amides is 2. The lowest BCUT2D eigenvalue weighted by atomic mass is 10.3. The van der Waals surface area contributed by atoms with Gasteiger partial charge >= 0.3 is 0 Å². The molecule has 0 aliphatic rings. The van der Waals surface area contributed by atoms with Crippen LogP contribution in [-0.4, -0.2) is 60.8 Å². The molecule has 0 fully saturated rings. The Bertz CT molecular complexity index is 432. The zero-order valence-corrected chi connectivity index (χ0v) is 10.9.